The average molecular weight is 182 g/mol. The van der Waals surface area contributed by atoms with Crippen LogP contribution in [-0.4, -0.2) is 25.0 Å². The summed E-state index contributed by atoms with van der Waals surface area (Å²) in [5.74, 6) is -1.29. The fraction of sp³-hybridized carbons (Fsp3) is 0.750. The van der Waals surface area contributed by atoms with Gasteiger partial charge in [0.15, 0.2) is 0 Å². The summed E-state index contributed by atoms with van der Waals surface area (Å²) in [4.78, 5) is 10.3. The van der Waals surface area contributed by atoms with Crippen molar-refractivity contribution in [3.8, 4) is 0 Å². The number of carbonyl (C=O) groups is 1. The Balaban J connectivity index is 4.51. The van der Waals surface area contributed by atoms with Crippen molar-refractivity contribution in [1.82, 2.24) is 4.72 Å². The van der Waals surface area contributed by atoms with Gasteiger partial charge in [0.25, 0.3) is 10.2 Å². The van der Waals surface area contributed by atoms with E-state index in [1.54, 1.807) is 4.72 Å². The quantitative estimate of drug-likeness (QED) is 0.500. The van der Waals surface area contributed by atoms with E-state index in [0.717, 1.165) is 0 Å². The summed E-state index contributed by atoms with van der Waals surface area (Å²) in [7, 11) is -3.96. The highest BCUT2D eigenvalue weighted by molar-refractivity contribution is 7.87. The average Bonchev–Trinajstić information content (AvgIpc) is 1.56. The predicted molar refractivity (Wildman–Crippen MR) is 38.0 cm³/mol. The lowest BCUT2D eigenvalue weighted by atomic mass is 10.1. The first kappa shape index (κ1) is 10.3. The van der Waals surface area contributed by atoms with Crippen molar-refractivity contribution in [2.45, 2.75) is 19.4 Å². The molecule has 0 saturated heterocycles. The molecular formula is C4H10N2O4S. The molecule has 0 amide bonds. The summed E-state index contributed by atoms with van der Waals surface area (Å²) in [6.07, 6.45) is 0. The summed E-state index contributed by atoms with van der Waals surface area (Å²) >= 11 is 0. The van der Waals surface area contributed by atoms with Gasteiger partial charge in [0.1, 0.15) is 5.54 Å². The molecule has 0 spiro atoms. The number of nitrogens with two attached hydrogens (primary N) is 1. The second kappa shape index (κ2) is 2.76. The molecule has 11 heavy (non-hydrogen) atoms. The minimum Gasteiger partial charge on any atom is -0.480 e. The Morgan fingerprint density at radius 3 is 2.00 bits per heavy atom. The minimum absolute atomic E-state index is 1.19. The molecule has 0 heterocycles. The van der Waals surface area contributed by atoms with E-state index < -0.39 is 21.7 Å². The molecule has 4 N–H and O–H groups in total. The molecule has 66 valence electrons. The largest absolute Gasteiger partial charge is 0.480 e. The van der Waals surface area contributed by atoms with E-state index in [9.17, 15) is 13.2 Å². The Morgan fingerprint density at radius 1 is 1.55 bits per heavy atom. The van der Waals surface area contributed by atoms with Crippen molar-refractivity contribution in [2.24, 2.45) is 5.14 Å². The highest BCUT2D eigenvalue weighted by Gasteiger charge is 2.30. The molecule has 0 radical (unpaired) electrons. The summed E-state index contributed by atoms with van der Waals surface area (Å²) in [6.45, 7) is 2.39. The molecule has 0 aromatic heterocycles. The van der Waals surface area contributed by atoms with Crippen molar-refractivity contribution in [1.29, 1.82) is 0 Å². The molecule has 0 unspecified atom stereocenters. The normalized spacial score (nSPS) is 13.0. The third kappa shape index (κ3) is 3.91. The fourth-order valence-corrected chi connectivity index (χ4v) is 1.20. The molecule has 0 aromatic rings. The van der Waals surface area contributed by atoms with Crippen LogP contribution in [0.25, 0.3) is 0 Å². The lowest BCUT2D eigenvalue weighted by molar-refractivity contribution is -0.142. The van der Waals surface area contributed by atoms with E-state index in [1.165, 1.54) is 13.8 Å². The first-order valence-corrected chi connectivity index (χ1v) is 4.25. The molecule has 0 aromatic carbocycles. The SMILES string of the molecule is CC(C)(NS(N)(=O)=O)C(=O)O. The molecular weight excluding hydrogens is 172 g/mol. The number of hydrogen-bond acceptors (Lipinski definition) is 3. The van der Waals surface area contributed by atoms with E-state index in [-0.39, 0.29) is 0 Å². The second-order valence-corrected chi connectivity index (χ2v) is 3.87. The van der Waals surface area contributed by atoms with Crippen LogP contribution in [0.4, 0.5) is 0 Å². The van der Waals surface area contributed by atoms with Crippen molar-refractivity contribution in [2.75, 3.05) is 0 Å². The third-order valence-corrected chi connectivity index (χ3v) is 1.73. The third-order valence-electron chi connectivity index (χ3n) is 0.932. The number of hydrogen-bond donors (Lipinski definition) is 3. The van der Waals surface area contributed by atoms with Gasteiger partial charge >= 0.3 is 5.97 Å². The van der Waals surface area contributed by atoms with Gasteiger partial charge in [-0.15, -0.1) is 0 Å². The Labute approximate surface area is 64.6 Å². The number of carboxylic acid groups (broad SMARTS) is 1. The second-order valence-electron chi connectivity index (χ2n) is 2.58. The summed E-state index contributed by atoms with van der Waals surface area (Å²) in [6, 6.07) is 0. The maximum Gasteiger partial charge on any atom is 0.324 e. The summed E-state index contributed by atoms with van der Waals surface area (Å²) in [5.41, 5.74) is -1.56. The van der Waals surface area contributed by atoms with Gasteiger partial charge in [-0.05, 0) is 13.8 Å². The van der Waals surface area contributed by atoms with Crippen molar-refractivity contribution >= 4 is 16.2 Å². The topological polar surface area (TPSA) is 109 Å². The zero-order valence-electron chi connectivity index (χ0n) is 6.16. The Kier molecular flexibility index (Phi) is 2.60. The van der Waals surface area contributed by atoms with Crippen LogP contribution in [0, 0.1) is 0 Å². The van der Waals surface area contributed by atoms with Crippen LogP contribution in [-0.2, 0) is 15.0 Å². The molecule has 7 heteroatoms. The minimum atomic E-state index is -3.96. The highest BCUT2D eigenvalue weighted by Crippen LogP contribution is 2.01. The van der Waals surface area contributed by atoms with Gasteiger partial charge in [0.05, 0.1) is 0 Å². The lowest BCUT2D eigenvalue weighted by Crippen LogP contribution is -2.51. The first-order valence-electron chi connectivity index (χ1n) is 2.70. The lowest BCUT2D eigenvalue weighted by Gasteiger charge is -2.18. The van der Waals surface area contributed by atoms with Crippen molar-refractivity contribution in [3.63, 3.8) is 0 Å². The zero-order chi connectivity index (χ0) is 9.28. The molecule has 0 rings (SSSR count). The van der Waals surface area contributed by atoms with Gasteiger partial charge in [-0.1, -0.05) is 0 Å². The Bertz CT molecular complexity index is 255. The molecule has 0 atom stereocenters. The Morgan fingerprint density at radius 2 is 1.91 bits per heavy atom. The van der Waals surface area contributed by atoms with Gasteiger partial charge in [0.2, 0.25) is 0 Å². The fourth-order valence-electron chi connectivity index (χ4n) is 0.399. The van der Waals surface area contributed by atoms with E-state index in [2.05, 4.69) is 5.14 Å². The highest BCUT2D eigenvalue weighted by atomic mass is 32.2. The maximum absolute atomic E-state index is 10.4. The van der Waals surface area contributed by atoms with Crippen LogP contribution in [0.15, 0.2) is 0 Å². The summed E-state index contributed by atoms with van der Waals surface area (Å²) in [5, 5.41) is 13.0. The van der Waals surface area contributed by atoms with E-state index >= 15 is 0 Å². The summed E-state index contributed by atoms with van der Waals surface area (Å²) < 4.78 is 22.5. The van der Waals surface area contributed by atoms with Crippen molar-refractivity contribution < 1.29 is 18.3 Å². The predicted octanol–water partition coefficient (Wildman–Crippen LogP) is -1.36. The number of carboxylic acids is 1. The number of rotatable bonds is 3. The van der Waals surface area contributed by atoms with Crippen LogP contribution in [0.5, 0.6) is 0 Å². The molecule has 0 bridgehead atoms. The van der Waals surface area contributed by atoms with E-state index in [0.29, 0.717) is 0 Å². The van der Waals surface area contributed by atoms with Crippen LogP contribution in [0.1, 0.15) is 13.8 Å². The maximum atomic E-state index is 10.4. The van der Waals surface area contributed by atoms with E-state index in [1.807, 2.05) is 0 Å². The molecule has 0 aliphatic rings. The standard InChI is InChI=1S/C4H10N2O4S/c1-4(2,3(7)8)6-11(5,9)10/h6H,1-2H3,(H,7,8)(H2,5,9,10). The molecule has 0 aliphatic heterocycles. The van der Waals surface area contributed by atoms with Crippen LogP contribution in [0.3, 0.4) is 0 Å². The van der Waals surface area contributed by atoms with Crippen LogP contribution in [0.2, 0.25) is 0 Å². The zero-order valence-corrected chi connectivity index (χ0v) is 6.97. The van der Waals surface area contributed by atoms with Gasteiger partial charge in [0, 0.05) is 0 Å². The smallest absolute Gasteiger partial charge is 0.324 e. The first-order chi connectivity index (χ1) is 4.65. The molecule has 6 nitrogen and oxygen atoms in total. The molecule has 0 aliphatic carbocycles. The van der Waals surface area contributed by atoms with Gasteiger partial charge in [-0.2, -0.15) is 13.1 Å². The van der Waals surface area contributed by atoms with Gasteiger partial charge in [-0.25, -0.2) is 5.14 Å². The molecule has 0 fully saturated rings. The van der Waals surface area contributed by atoms with Crippen LogP contribution < -0.4 is 9.86 Å². The molecule has 0 saturated carbocycles. The van der Waals surface area contributed by atoms with Crippen molar-refractivity contribution in [3.05, 3.63) is 0 Å². The van der Waals surface area contributed by atoms with E-state index in [4.69, 9.17) is 5.11 Å². The monoisotopic (exact) mass is 182 g/mol. The van der Waals surface area contributed by atoms with Crippen LogP contribution >= 0.6 is 0 Å². The van der Waals surface area contributed by atoms with Gasteiger partial charge in [-0.3, -0.25) is 4.79 Å². The van der Waals surface area contributed by atoms with Gasteiger partial charge < -0.3 is 5.11 Å². The number of aliphatic carboxylic acids is 1. The number of nitrogens with one attached hydrogen (secondary N) is 1. The Hall–Kier alpha value is -0.660.